The molecule has 0 radical (unpaired) electrons. The number of fused-ring (bicyclic) bond motifs is 2. The minimum absolute atomic E-state index is 0.565. The first kappa shape index (κ1) is 5.10. The van der Waals surface area contributed by atoms with Crippen LogP contribution in [0.4, 0.5) is 0 Å². The average Bonchev–Trinajstić information content (AvgIpc) is 2.29. The van der Waals surface area contributed by atoms with Crippen molar-refractivity contribution in [2.75, 3.05) is 0 Å². The second-order valence-corrected chi connectivity index (χ2v) is 3.62. The Labute approximate surface area is 55.2 Å². The lowest BCUT2D eigenvalue weighted by molar-refractivity contribution is 0.480. The summed E-state index contributed by atoms with van der Waals surface area (Å²) in [7, 11) is 0. The molecule has 0 unspecified atom stereocenters. The molecule has 0 aliphatic heterocycles. The molecule has 0 amide bonds. The van der Waals surface area contributed by atoms with Crippen molar-refractivity contribution < 1.29 is 0 Å². The summed E-state index contributed by atoms with van der Waals surface area (Å²) in [6, 6.07) is 0. The Morgan fingerprint density at radius 3 is 1.38 bits per heavy atom. The zero-order chi connectivity index (χ0) is 5.56. The van der Waals surface area contributed by atoms with E-state index in [1.54, 1.807) is 0 Å². The highest BCUT2D eigenvalue weighted by Crippen LogP contribution is 2.47. The summed E-state index contributed by atoms with van der Waals surface area (Å²) in [5, 5.41) is 0.565. The van der Waals surface area contributed by atoms with Crippen molar-refractivity contribution in [3.63, 3.8) is 0 Å². The number of hydrogen-bond donors (Lipinski definition) is 0. The van der Waals surface area contributed by atoms with Gasteiger partial charge in [-0.15, -0.1) is 11.6 Å². The molecule has 0 N–H and O–H groups in total. The number of hydrogen-bond acceptors (Lipinski definition) is 0. The van der Waals surface area contributed by atoms with Crippen LogP contribution in [-0.4, -0.2) is 5.38 Å². The van der Waals surface area contributed by atoms with Crippen LogP contribution in [0.1, 0.15) is 25.7 Å². The Hall–Kier alpha value is 0.290. The monoisotopic (exact) mass is 130 g/mol. The number of alkyl halides is 1. The van der Waals surface area contributed by atoms with Crippen LogP contribution in [0.5, 0.6) is 0 Å². The van der Waals surface area contributed by atoms with Crippen molar-refractivity contribution >= 4 is 11.6 Å². The Morgan fingerprint density at radius 1 is 0.875 bits per heavy atom. The van der Waals surface area contributed by atoms with Gasteiger partial charge >= 0.3 is 0 Å². The van der Waals surface area contributed by atoms with Gasteiger partial charge < -0.3 is 0 Å². The summed E-state index contributed by atoms with van der Waals surface area (Å²) < 4.78 is 0. The Bertz CT molecular complexity index is 80.6. The molecule has 1 heteroatoms. The van der Waals surface area contributed by atoms with Gasteiger partial charge in [0, 0.05) is 5.38 Å². The molecule has 0 spiro atoms. The average molecular weight is 131 g/mol. The largest absolute Gasteiger partial charge is 0.122 e. The maximum atomic E-state index is 6.08. The third-order valence-corrected chi connectivity index (χ3v) is 3.43. The van der Waals surface area contributed by atoms with Gasteiger partial charge in [-0.05, 0) is 37.5 Å². The van der Waals surface area contributed by atoms with Crippen molar-refractivity contribution in [1.29, 1.82) is 0 Å². The first-order valence-electron chi connectivity index (χ1n) is 3.52. The van der Waals surface area contributed by atoms with Crippen LogP contribution in [0.15, 0.2) is 0 Å². The van der Waals surface area contributed by atoms with E-state index in [-0.39, 0.29) is 0 Å². The minimum atomic E-state index is 0.565. The molecule has 0 heterocycles. The van der Waals surface area contributed by atoms with Gasteiger partial charge in [-0.25, -0.2) is 0 Å². The lowest BCUT2D eigenvalue weighted by Crippen LogP contribution is -2.02. The first-order chi connectivity index (χ1) is 3.88. The minimum Gasteiger partial charge on any atom is -0.122 e. The van der Waals surface area contributed by atoms with Crippen molar-refractivity contribution in [3.8, 4) is 0 Å². The topological polar surface area (TPSA) is 0 Å². The van der Waals surface area contributed by atoms with Crippen molar-refractivity contribution in [2.24, 2.45) is 11.8 Å². The second kappa shape index (κ2) is 1.63. The van der Waals surface area contributed by atoms with E-state index < -0.39 is 0 Å². The van der Waals surface area contributed by atoms with Crippen LogP contribution in [0.3, 0.4) is 0 Å². The van der Waals surface area contributed by atoms with E-state index in [0.29, 0.717) is 5.38 Å². The summed E-state index contributed by atoms with van der Waals surface area (Å²) in [6.07, 6.45) is 5.66. The van der Waals surface area contributed by atoms with E-state index >= 15 is 0 Å². The van der Waals surface area contributed by atoms with Crippen molar-refractivity contribution in [3.05, 3.63) is 0 Å². The lowest BCUT2D eigenvalue weighted by Gasteiger charge is -2.04. The second-order valence-electron chi connectivity index (χ2n) is 3.12. The zero-order valence-corrected chi connectivity index (χ0v) is 5.69. The van der Waals surface area contributed by atoms with Gasteiger partial charge in [0.05, 0.1) is 0 Å². The van der Waals surface area contributed by atoms with Crippen LogP contribution >= 0.6 is 11.6 Å². The molecular weight excluding hydrogens is 120 g/mol. The Kier molecular flexibility index (Phi) is 1.04. The summed E-state index contributed by atoms with van der Waals surface area (Å²) in [5.74, 6) is 1.81. The highest BCUT2D eigenvalue weighted by Gasteiger charge is 2.39. The van der Waals surface area contributed by atoms with E-state index in [2.05, 4.69) is 0 Å². The fourth-order valence-corrected chi connectivity index (χ4v) is 2.67. The third kappa shape index (κ3) is 0.526. The van der Waals surface area contributed by atoms with Gasteiger partial charge in [-0.1, -0.05) is 0 Å². The molecule has 0 nitrogen and oxygen atoms in total. The van der Waals surface area contributed by atoms with Gasteiger partial charge in [0.25, 0.3) is 0 Å². The molecule has 0 aromatic heterocycles. The normalized spacial score (nSPS) is 52.9. The van der Waals surface area contributed by atoms with Gasteiger partial charge in [0.2, 0.25) is 0 Å². The quantitative estimate of drug-likeness (QED) is 0.442. The van der Waals surface area contributed by atoms with E-state index in [9.17, 15) is 0 Å². The predicted molar refractivity (Wildman–Crippen MR) is 35.1 cm³/mol. The zero-order valence-electron chi connectivity index (χ0n) is 4.94. The molecular formula is C7H11Cl. The van der Waals surface area contributed by atoms with E-state index in [0.717, 1.165) is 11.8 Å². The van der Waals surface area contributed by atoms with Gasteiger partial charge in [-0.3, -0.25) is 0 Å². The lowest BCUT2D eigenvalue weighted by atomic mass is 10.0. The molecule has 2 saturated carbocycles. The first-order valence-corrected chi connectivity index (χ1v) is 3.95. The molecule has 2 aliphatic rings. The van der Waals surface area contributed by atoms with Crippen LogP contribution in [0, 0.1) is 11.8 Å². The molecule has 0 aromatic rings. The molecule has 2 aliphatic carbocycles. The van der Waals surface area contributed by atoms with Crippen LogP contribution in [-0.2, 0) is 0 Å². The maximum absolute atomic E-state index is 6.08. The molecule has 2 rings (SSSR count). The highest BCUT2D eigenvalue weighted by atomic mass is 35.5. The highest BCUT2D eigenvalue weighted by molar-refractivity contribution is 6.21. The van der Waals surface area contributed by atoms with Crippen molar-refractivity contribution in [1.82, 2.24) is 0 Å². The molecule has 0 atom stereocenters. The summed E-state index contributed by atoms with van der Waals surface area (Å²) in [5.41, 5.74) is 0. The fraction of sp³-hybridized carbons (Fsp3) is 1.00. The van der Waals surface area contributed by atoms with Crippen molar-refractivity contribution in [2.45, 2.75) is 31.1 Å². The predicted octanol–water partition coefficient (Wildman–Crippen LogP) is 2.41. The summed E-state index contributed by atoms with van der Waals surface area (Å²) in [6.45, 7) is 0. The van der Waals surface area contributed by atoms with E-state index in [1.165, 1.54) is 25.7 Å². The van der Waals surface area contributed by atoms with E-state index in [1.807, 2.05) is 0 Å². The molecule has 8 heavy (non-hydrogen) atoms. The fourth-order valence-electron chi connectivity index (χ4n) is 2.17. The molecule has 2 bridgehead atoms. The smallest absolute Gasteiger partial charge is 0.0392 e. The molecule has 0 saturated heterocycles. The Balaban J connectivity index is 2.16. The van der Waals surface area contributed by atoms with Crippen LogP contribution in [0.25, 0.3) is 0 Å². The standard InChI is InChI=1S/C7H11Cl/c8-7-5-1-2-6(7)4-3-5/h5-7H,1-4H2. The van der Waals surface area contributed by atoms with Crippen LogP contribution in [0.2, 0.25) is 0 Å². The van der Waals surface area contributed by atoms with Gasteiger partial charge in [0.1, 0.15) is 0 Å². The summed E-state index contributed by atoms with van der Waals surface area (Å²) in [4.78, 5) is 0. The third-order valence-electron chi connectivity index (χ3n) is 2.72. The Morgan fingerprint density at radius 2 is 1.25 bits per heavy atom. The van der Waals surface area contributed by atoms with E-state index in [4.69, 9.17) is 11.6 Å². The summed E-state index contributed by atoms with van der Waals surface area (Å²) >= 11 is 6.08. The molecule has 2 fully saturated rings. The maximum Gasteiger partial charge on any atom is 0.0392 e. The SMILES string of the molecule is ClC1C2CCC1CC2. The molecule has 46 valence electrons. The van der Waals surface area contributed by atoms with Gasteiger partial charge in [-0.2, -0.15) is 0 Å². The van der Waals surface area contributed by atoms with Crippen LogP contribution < -0.4 is 0 Å². The van der Waals surface area contributed by atoms with Gasteiger partial charge in [0.15, 0.2) is 0 Å². The molecule has 0 aromatic carbocycles. The number of rotatable bonds is 0. The number of halogens is 1.